The molecule has 1 aromatic carbocycles. The molecule has 0 aliphatic rings. The van der Waals surface area contributed by atoms with Crippen molar-refractivity contribution in [2.24, 2.45) is 5.73 Å². The molecule has 0 aliphatic heterocycles. The molecule has 0 spiro atoms. The highest BCUT2D eigenvalue weighted by Gasteiger charge is 2.08. The lowest BCUT2D eigenvalue weighted by molar-refractivity contribution is 0.0954. The van der Waals surface area contributed by atoms with Crippen molar-refractivity contribution in [3.05, 3.63) is 34.9 Å². The number of hydrogen-bond donors (Lipinski definition) is 2. The molecule has 1 rings (SSSR count). The first-order valence-corrected chi connectivity index (χ1v) is 5.56. The van der Waals surface area contributed by atoms with Gasteiger partial charge in [0, 0.05) is 18.5 Å². The molecule has 3 N–H and O–H groups in total. The topological polar surface area (TPSA) is 55.1 Å². The number of benzene rings is 1. The van der Waals surface area contributed by atoms with Gasteiger partial charge in [-0.2, -0.15) is 0 Å². The Bertz CT molecular complexity index is 415. The zero-order valence-corrected chi connectivity index (χ0v) is 10.4. The van der Waals surface area contributed by atoms with E-state index in [1.807, 2.05) is 32.0 Å². The molecule has 4 heteroatoms. The molecule has 16 heavy (non-hydrogen) atoms. The predicted octanol–water partition coefficient (Wildman–Crippen LogP) is 1.71. The van der Waals surface area contributed by atoms with Crippen LogP contribution in [0.25, 0.3) is 0 Å². The van der Waals surface area contributed by atoms with Gasteiger partial charge in [0.05, 0.1) is 4.99 Å². The van der Waals surface area contributed by atoms with Gasteiger partial charge in [0.25, 0.3) is 5.91 Å². The summed E-state index contributed by atoms with van der Waals surface area (Å²) in [6.07, 6.45) is 0.534. The molecule has 86 valence electrons. The Hall–Kier alpha value is -1.42. The fourth-order valence-corrected chi connectivity index (χ4v) is 1.49. The molecule has 0 heterocycles. The summed E-state index contributed by atoms with van der Waals surface area (Å²) in [6.45, 7) is 4.42. The first-order valence-electron chi connectivity index (χ1n) is 5.15. The maximum atomic E-state index is 11.8. The van der Waals surface area contributed by atoms with E-state index >= 15 is 0 Å². The molecule has 0 bridgehead atoms. The molecule has 1 aromatic rings. The van der Waals surface area contributed by atoms with Gasteiger partial charge in [0.1, 0.15) is 0 Å². The largest absolute Gasteiger partial charge is 0.393 e. The standard InChI is InChI=1S/C12H16N2OS/c1-8-4-3-5-10(9(8)2)12(15)14-7-6-11(13)16/h3-5H,6-7H2,1-2H3,(H2,13,16)(H,14,15). The summed E-state index contributed by atoms with van der Waals surface area (Å²) in [5.41, 5.74) is 8.19. The Labute approximate surface area is 101 Å². The normalized spacial score (nSPS) is 9.88. The van der Waals surface area contributed by atoms with Crippen LogP contribution in [0.4, 0.5) is 0 Å². The number of hydrogen-bond acceptors (Lipinski definition) is 2. The van der Waals surface area contributed by atoms with Crippen LogP contribution in [0.3, 0.4) is 0 Å². The fraction of sp³-hybridized carbons (Fsp3) is 0.333. The summed E-state index contributed by atoms with van der Waals surface area (Å²) in [4.78, 5) is 12.2. The highest BCUT2D eigenvalue weighted by molar-refractivity contribution is 7.80. The van der Waals surface area contributed by atoms with Crippen LogP contribution in [0.5, 0.6) is 0 Å². The maximum Gasteiger partial charge on any atom is 0.251 e. The number of carbonyl (C=O) groups excluding carboxylic acids is 1. The molecule has 0 aromatic heterocycles. The number of nitrogens with one attached hydrogen (secondary N) is 1. The first kappa shape index (κ1) is 12.6. The van der Waals surface area contributed by atoms with Crippen LogP contribution in [-0.4, -0.2) is 17.4 Å². The first-order chi connectivity index (χ1) is 7.52. The van der Waals surface area contributed by atoms with Gasteiger partial charge in [-0.3, -0.25) is 4.79 Å². The van der Waals surface area contributed by atoms with Crippen LogP contribution in [0.1, 0.15) is 27.9 Å². The van der Waals surface area contributed by atoms with E-state index < -0.39 is 0 Å². The monoisotopic (exact) mass is 236 g/mol. The molecular formula is C12H16N2OS. The third-order valence-corrected chi connectivity index (χ3v) is 2.71. The molecule has 3 nitrogen and oxygen atoms in total. The van der Waals surface area contributed by atoms with Gasteiger partial charge in [-0.15, -0.1) is 0 Å². The van der Waals surface area contributed by atoms with E-state index in [9.17, 15) is 4.79 Å². The average Bonchev–Trinajstić information content (AvgIpc) is 2.21. The second-order valence-electron chi connectivity index (χ2n) is 3.72. The molecular weight excluding hydrogens is 220 g/mol. The van der Waals surface area contributed by atoms with Gasteiger partial charge in [0.2, 0.25) is 0 Å². The summed E-state index contributed by atoms with van der Waals surface area (Å²) in [6, 6.07) is 5.68. The minimum Gasteiger partial charge on any atom is -0.393 e. The number of carbonyl (C=O) groups is 1. The minimum absolute atomic E-state index is 0.0718. The molecule has 0 saturated heterocycles. The highest BCUT2D eigenvalue weighted by Crippen LogP contribution is 2.12. The van der Waals surface area contributed by atoms with Gasteiger partial charge in [-0.05, 0) is 31.0 Å². The number of amides is 1. The van der Waals surface area contributed by atoms with Crippen molar-refractivity contribution in [2.45, 2.75) is 20.3 Å². The Morgan fingerprint density at radius 2 is 2.12 bits per heavy atom. The summed E-state index contributed by atoms with van der Waals surface area (Å²) in [5, 5.41) is 2.79. The SMILES string of the molecule is Cc1cccc(C(=O)NCCC(N)=S)c1C. The van der Waals surface area contributed by atoms with Gasteiger partial charge < -0.3 is 11.1 Å². The van der Waals surface area contributed by atoms with Gasteiger partial charge in [0.15, 0.2) is 0 Å². The zero-order chi connectivity index (χ0) is 12.1. The van der Waals surface area contributed by atoms with Crippen LogP contribution in [0, 0.1) is 13.8 Å². The summed E-state index contributed by atoms with van der Waals surface area (Å²) < 4.78 is 0. The Kier molecular flexibility index (Phi) is 4.43. The van der Waals surface area contributed by atoms with Crippen molar-refractivity contribution in [3.8, 4) is 0 Å². The number of aryl methyl sites for hydroxylation is 1. The van der Waals surface area contributed by atoms with Crippen LogP contribution < -0.4 is 11.1 Å². The van der Waals surface area contributed by atoms with E-state index in [1.165, 1.54) is 0 Å². The van der Waals surface area contributed by atoms with E-state index in [-0.39, 0.29) is 5.91 Å². The van der Waals surface area contributed by atoms with Crippen molar-refractivity contribution in [1.29, 1.82) is 0 Å². The van der Waals surface area contributed by atoms with Crippen LogP contribution in [-0.2, 0) is 0 Å². The molecule has 1 amide bonds. The summed E-state index contributed by atoms with van der Waals surface area (Å²) in [7, 11) is 0. The van der Waals surface area contributed by atoms with E-state index in [4.69, 9.17) is 18.0 Å². The van der Waals surface area contributed by atoms with Gasteiger partial charge >= 0.3 is 0 Å². The molecule has 0 unspecified atom stereocenters. The van der Waals surface area contributed by atoms with Crippen molar-refractivity contribution >= 4 is 23.1 Å². The smallest absolute Gasteiger partial charge is 0.251 e. The number of thiocarbonyl (C=S) groups is 1. The maximum absolute atomic E-state index is 11.8. The highest BCUT2D eigenvalue weighted by atomic mass is 32.1. The second-order valence-corrected chi connectivity index (χ2v) is 4.24. The molecule has 0 fully saturated rings. The lowest BCUT2D eigenvalue weighted by Crippen LogP contribution is -2.28. The third kappa shape index (κ3) is 3.31. The summed E-state index contributed by atoms with van der Waals surface area (Å²) in [5.74, 6) is -0.0718. The number of rotatable bonds is 4. The van der Waals surface area contributed by atoms with Crippen molar-refractivity contribution in [3.63, 3.8) is 0 Å². The van der Waals surface area contributed by atoms with E-state index in [0.717, 1.165) is 11.1 Å². The Balaban J connectivity index is 2.66. The molecule has 0 atom stereocenters. The Morgan fingerprint density at radius 1 is 1.44 bits per heavy atom. The van der Waals surface area contributed by atoms with Crippen LogP contribution >= 0.6 is 12.2 Å². The quantitative estimate of drug-likeness (QED) is 0.782. The second kappa shape index (κ2) is 5.61. The lowest BCUT2D eigenvalue weighted by Gasteiger charge is -2.08. The zero-order valence-electron chi connectivity index (χ0n) is 9.54. The molecule has 0 aliphatic carbocycles. The van der Waals surface area contributed by atoms with E-state index in [1.54, 1.807) is 0 Å². The van der Waals surface area contributed by atoms with Crippen LogP contribution in [0.15, 0.2) is 18.2 Å². The van der Waals surface area contributed by atoms with Crippen molar-refractivity contribution < 1.29 is 4.79 Å². The minimum atomic E-state index is -0.0718. The summed E-state index contributed by atoms with van der Waals surface area (Å²) >= 11 is 4.74. The molecule has 0 radical (unpaired) electrons. The van der Waals surface area contributed by atoms with Crippen LogP contribution in [0.2, 0.25) is 0 Å². The third-order valence-electron chi connectivity index (χ3n) is 2.51. The van der Waals surface area contributed by atoms with E-state index in [2.05, 4.69) is 5.32 Å². The van der Waals surface area contributed by atoms with Gasteiger partial charge in [-0.1, -0.05) is 24.4 Å². The Morgan fingerprint density at radius 3 is 2.75 bits per heavy atom. The molecule has 0 saturated carbocycles. The lowest BCUT2D eigenvalue weighted by atomic mass is 10.0. The predicted molar refractivity (Wildman–Crippen MR) is 69.7 cm³/mol. The van der Waals surface area contributed by atoms with Crippen molar-refractivity contribution in [2.75, 3.05) is 6.54 Å². The average molecular weight is 236 g/mol. The van der Waals surface area contributed by atoms with Gasteiger partial charge in [-0.25, -0.2) is 0 Å². The fourth-order valence-electron chi connectivity index (χ4n) is 1.39. The van der Waals surface area contributed by atoms with Crippen molar-refractivity contribution in [1.82, 2.24) is 5.32 Å². The van der Waals surface area contributed by atoms with E-state index in [0.29, 0.717) is 23.5 Å². The number of nitrogens with two attached hydrogens (primary N) is 1.